The van der Waals surface area contributed by atoms with Crippen molar-refractivity contribution >= 4 is 20.9 Å². The van der Waals surface area contributed by atoms with Crippen molar-refractivity contribution in [1.82, 2.24) is 19.4 Å². The predicted octanol–water partition coefficient (Wildman–Crippen LogP) is 5.63. The monoisotopic (exact) mass is 538 g/mol. The first-order chi connectivity index (χ1) is 18.2. The Morgan fingerprint density at radius 3 is 2.13 bits per heavy atom. The lowest BCUT2D eigenvalue weighted by molar-refractivity contribution is 0.0753. The molecule has 0 radical (unpaired) electrons. The van der Waals surface area contributed by atoms with Gasteiger partial charge in [-0.1, -0.05) is 0 Å². The van der Waals surface area contributed by atoms with Crippen LogP contribution >= 0.6 is 0 Å². The van der Waals surface area contributed by atoms with E-state index in [0.717, 1.165) is 61.2 Å². The van der Waals surface area contributed by atoms with Crippen molar-refractivity contribution < 1.29 is 12.8 Å². The van der Waals surface area contributed by atoms with E-state index in [1.165, 1.54) is 32.2 Å². The molecule has 0 unspecified atom stereocenters. The minimum atomic E-state index is -3.28. The van der Waals surface area contributed by atoms with Gasteiger partial charge in [-0.2, -0.15) is 0 Å². The van der Waals surface area contributed by atoms with E-state index in [1.807, 2.05) is 0 Å². The molecular formula is C30H39FN4O2S. The van der Waals surface area contributed by atoms with E-state index in [-0.39, 0.29) is 10.7 Å². The van der Waals surface area contributed by atoms with Crippen LogP contribution in [0.2, 0.25) is 0 Å². The zero-order valence-corrected chi connectivity index (χ0v) is 23.6. The Hall–Kier alpha value is -2.29. The highest BCUT2D eigenvalue weighted by molar-refractivity contribution is 7.90. The smallest absolute Gasteiger partial charge is 0.175 e. The first-order valence-electron chi connectivity index (χ1n) is 14.2. The van der Waals surface area contributed by atoms with Crippen molar-refractivity contribution in [2.75, 3.05) is 32.4 Å². The molecular weight excluding hydrogens is 499 g/mol. The standard InChI is InChI=1S/C30H39FN4O2S/c1-20(2)33-16-12-24(13-17-33)34-14-10-21(11-15-34)23-18-27(31)29-28(19-23)35(25-6-7-25)30(32-29)22-4-8-26(9-5-22)38(3,36)37/h4-5,8-9,18-21,24-25H,6-7,10-17H2,1-3H3. The van der Waals surface area contributed by atoms with Crippen molar-refractivity contribution in [3.63, 3.8) is 0 Å². The van der Waals surface area contributed by atoms with Gasteiger partial charge < -0.3 is 14.4 Å². The normalized spacial score (nSPS) is 21.1. The topological polar surface area (TPSA) is 58.4 Å². The summed E-state index contributed by atoms with van der Waals surface area (Å²) < 4.78 is 41.5. The molecule has 0 bridgehead atoms. The van der Waals surface area contributed by atoms with E-state index in [1.54, 1.807) is 30.3 Å². The quantitative estimate of drug-likeness (QED) is 0.407. The van der Waals surface area contributed by atoms with Crippen LogP contribution in [-0.4, -0.2) is 72.3 Å². The predicted molar refractivity (Wildman–Crippen MR) is 150 cm³/mol. The molecule has 0 atom stereocenters. The Balaban J connectivity index is 1.23. The van der Waals surface area contributed by atoms with Crippen LogP contribution in [0.3, 0.4) is 0 Å². The van der Waals surface area contributed by atoms with Gasteiger partial charge in [-0.05, 0) is 126 Å². The third-order valence-corrected chi connectivity index (χ3v) is 10.1. The van der Waals surface area contributed by atoms with Crippen LogP contribution in [0, 0.1) is 5.82 Å². The first kappa shape index (κ1) is 26.0. The van der Waals surface area contributed by atoms with Crippen molar-refractivity contribution in [1.29, 1.82) is 0 Å². The fourth-order valence-corrected chi connectivity index (χ4v) is 7.16. The van der Waals surface area contributed by atoms with Gasteiger partial charge in [0.1, 0.15) is 11.3 Å². The molecule has 0 spiro atoms. The van der Waals surface area contributed by atoms with E-state index in [9.17, 15) is 8.42 Å². The van der Waals surface area contributed by atoms with Gasteiger partial charge in [0.2, 0.25) is 0 Å². The average Bonchev–Trinajstić information content (AvgIpc) is 3.67. The number of nitrogens with zero attached hydrogens (tertiary/aromatic N) is 4. The van der Waals surface area contributed by atoms with E-state index in [0.29, 0.717) is 29.6 Å². The largest absolute Gasteiger partial charge is 0.321 e. The number of benzene rings is 2. The molecule has 38 heavy (non-hydrogen) atoms. The van der Waals surface area contributed by atoms with Crippen LogP contribution in [-0.2, 0) is 9.84 Å². The first-order valence-corrected chi connectivity index (χ1v) is 16.1. The maximum atomic E-state index is 15.5. The summed E-state index contributed by atoms with van der Waals surface area (Å²) in [6.07, 6.45) is 7.94. The second-order valence-electron chi connectivity index (χ2n) is 11.9. The number of piperidine rings is 2. The fraction of sp³-hybridized carbons (Fsp3) is 0.567. The summed E-state index contributed by atoms with van der Waals surface area (Å²) in [5.74, 6) is 0.830. The van der Waals surface area contributed by atoms with Crippen molar-refractivity contribution in [2.45, 2.75) is 81.3 Å². The number of sulfone groups is 1. The molecule has 1 aromatic heterocycles. The molecule has 3 fully saturated rings. The minimum Gasteiger partial charge on any atom is -0.321 e. The molecule has 0 amide bonds. The Labute approximate surface area is 225 Å². The third-order valence-electron chi connectivity index (χ3n) is 8.97. The van der Waals surface area contributed by atoms with Gasteiger partial charge in [-0.3, -0.25) is 0 Å². The number of aromatic nitrogens is 2. The number of likely N-dealkylation sites (tertiary alicyclic amines) is 2. The molecule has 204 valence electrons. The van der Waals surface area contributed by atoms with E-state index in [4.69, 9.17) is 4.98 Å². The zero-order valence-electron chi connectivity index (χ0n) is 22.7. The summed E-state index contributed by atoms with van der Waals surface area (Å²) >= 11 is 0. The highest BCUT2D eigenvalue weighted by Gasteiger charge is 2.32. The second-order valence-corrected chi connectivity index (χ2v) is 13.9. The van der Waals surface area contributed by atoms with Gasteiger partial charge in [0, 0.05) is 29.9 Å². The van der Waals surface area contributed by atoms with Crippen molar-refractivity contribution in [3.8, 4) is 11.4 Å². The van der Waals surface area contributed by atoms with Gasteiger partial charge in [-0.15, -0.1) is 0 Å². The Kier molecular flexibility index (Phi) is 6.85. The molecule has 2 aromatic carbocycles. The highest BCUT2D eigenvalue weighted by atomic mass is 32.2. The number of rotatable bonds is 6. The summed E-state index contributed by atoms with van der Waals surface area (Å²) in [7, 11) is -3.28. The second kappa shape index (κ2) is 10.0. The van der Waals surface area contributed by atoms with Crippen LogP contribution in [0.4, 0.5) is 4.39 Å². The molecule has 6 nitrogen and oxygen atoms in total. The summed E-state index contributed by atoms with van der Waals surface area (Å²) in [4.78, 5) is 10.3. The lowest BCUT2D eigenvalue weighted by Gasteiger charge is -2.42. The minimum absolute atomic E-state index is 0.255. The molecule has 8 heteroatoms. The molecule has 2 aliphatic heterocycles. The molecule has 6 rings (SSSR count). The summed E-state index contributed by atoms with van der Waals surface area (Å²) in [5, 5.41) is 0. The summed E-state index contributed by atoms with van der Waals surface area (Å²) in [6, 6.07) is 12.3. The average molecular weight is 539 g/mol. The van der Waals surface area contributed by atoms with E-state index < -0.39 is 9.84 Å². The molecule has 1 aliphatic carbocycles. The molecule has 2 saturated heterocycles. The SMILES string of the molecule is CC(C)N1CCC(N2CCC(c3cc(F)c4nc(-c5ccc(S(C)(=O)=O)cc5)n(C5CC5)c4c3)CC2)CC1. The fourth-order valence-electron chi connectivity index (χ4n) is 6.53. The van der Waals surface area contributed by atoms with Gasteiger partial charge >= 0.3 is 0 Å². The molecule has 1 saturated carbocycles. The lowest BCUT2D eigenvalue weighted by Crippen LogP contribution is -2.48. The number of fused-ring (bicyclic) bond motifs is 1. The van der Waals surface area contributed by atoms with Crippen LogP contribution in [0.25, 0.3) is 22.4 Å². The van der Waals surface area contributed by atoms with Crippen LogP contribution in [0.5, 0.6) is 0 Å². The zero-order chi connectivity index (χ0) is 26.6. The summed E-state index contributed by atoms with van der Waals surface area (Å²) in [5.41, 5.74) is 3.19. The van der Waals surface area contributed by atoms with E-state index >= 15 is 4.39 Å². The summed E-state index contributed by atoms with van der Waals surface area (Å²) in [6.45, 7) is 9.11. The van der Waals surface area contributed by atoms with E-state index in [2.05, 4.69) is 34.3 Å². The maximum absolute atomic E-state index is 15.5. The lowest BCUT2D eigenvalue weighted by atomic mass is 9.87. The number of hydrogen-bond acceptors (Lipinski definition) is 5. The van der Waals surface area contributed by atoms with Crippen LogP contribution in [0.1, 0.15) is 69.9 Å². The van der Waals surface area contributed by atoms with Gasteiger partial charge in [0.15, 0.2) is 15.7 Å². The van der Waals surface area contributed by atoms with Crippen molar-refractivity contribution in [3.05, 3.63) is 47.8 Å². The molecule has 3 aromatic rings. The Morgan fingerprint density at radius 2 is 1.55 bits per heavy atom. The van der Waals surface area contributed by atoms with Crippen LogP contribution in [0.15, 0.2) is 41.3 Å². The number of hydrogen-bond donors (Lipinski definition) is 0. The van der Waals surface area contributed by atoms with Crippen LogP contribution < -0.4 is 0 Å². The Bertz CT molecular complexity index is 1410. The third kappa shape index (κ3) is 5.03. The molecule has 3 heterocycles. The van der Waals surface area contributed by atoms with Gasteiger partial charge in [-0.25, -0.2) is 17.8 Å². The molecule has 0 N–H and O–H groups in total. The van der Waals surface area contributed by atoms with Gasteiger partial charge in [0.05, 0.1) is 10.4 Å². The number of halogens is 1. The highest BCUT2D eigenvalue weighted by Crippen LogP contribution is 2.43. The maximum Gasteiger partial charge on any atom is 0.175 e. The Morgan fingerprint density at radius 1 is 0.895 bits per heavy atom. The van der Waals surface area contributed by atoms with Crippen molar-refractivity contribution in [2.24, 2.45) is 0 Å². The van der Waals surface area contributed by atoms with Gasteiger partial charge in [0.25, 0.3) is 0 Å². The number of imidazole rings is 1. The molecule has 3 aliphatic rings.